The molecule has 4 rings (SSSR count). The fraction of sp³-hybridized carbons (Fsp3) is 0.444. The smallest absolute Gasteiger partial charge is 0.188 e. The lowest BCUT2D eigenvalue weighted by atomic mass is 9.94. The van der Waals surface area contributed by atoms with Crippen LogP contribution in [-0.4, -0.2) is 42.5 Å². The number of thiazole rings is 1. The highest BCUT2D eigenvalue weighted by molar-refractivity contribution is 7.15. The predicted molar refractivity (Wildman–Crippen MR) is 103 cm³/mol. The number of rotatable bonds is 5. The van der Waals surface area contributed by atoms with Gasteiger partial charge in [0, 0.05) is 55.7 Å². The Balaban J connectivity index is 1.49. The van der Waals surface area contributed by atoms with Crippen molar-refractivity contribution in [1.29, 1.82) is 0 Å². The molecule has 1 N–H and O–H groups in total. The topological polar surface area (TPSA) is 71.8 Å². The van der Waals surface area contributed by atoms with Crippen LogP contribution in [0.4, 0.5) is 10.9 Å². The van der Waals surface area contributed by atoms with Gasteiger partial charge in [0.15, 0.2) is 10.9 Å². The first-order valence-corrected chi connectivity index (χ1v) is 9.68. The van der Waals surface area contributed by atoms with E-state index in [9.17, 15) is 0 Å². The summed E-state index contributed by atoms with van der Waals surface area (Å²) in [5.74, 6) is 1.19. The Labute approximate surface area is 157 Å². The maximum atomic E-state index is 4.66. The van der Waals surface area contributed by atoms with Gasteiger partial charge >= 0.3 is 0 Å². The molecular formula is C18H23N7S. The first-order valence-electron chi connectivity index (χ1n) is 8.87. The van der Waals surface area contributed by atoms with E-state index in [-0.39, 0.29) is 0 Å². The quantitative estimate of drug-likeness (QED) is 0.745. The molecule has 7 nitrogen and oxygen atoms in total. The van der Waals surface area contributed by atoms with Crippen molar-refractivity contribution in [2.75, 3.05) is 18.4 Å². The first kappa shape index (κ1) is 17.1. The summed E-state index contributed by atoms with van der Waals surface area (Å²) in [5, 5.41) is 4.22. The Morgan fingerprint density at radius 2 is 2.12 bits per heavy atom. The Bertz CT molecular complexity index is 872. The van der Waals surface area contributed by atoms with Crippen LogP contribution in [0.3, 0.4) is 0 Å². The standard InChI is InChI=1S/C18H23N7S/c1-13-8-21-18(26-13)23-17-16(19-5-6-20-17)14-4-3-7-25(9-14)11-15-10-24(2)12-22-15/h5-6,8,10,12,14H,3-4,7,9,11H2,1-2H3,(H,20,21,23). The molecule has 1 unspecified atom stereocenters. The zero-order valence-electron chi connectivity index (χ0n) is 15.1. The van der Waals surface area contributed by atoms with E-state index < -0.39 is 0 Å². The van der Waals surface area contributed by atoms with Gasteiger partial charge in [0.05, 0.1) is 17.7 Å². The summed E-state index contributed by atoms with van der Waals surface area (Å²) in [6, 6.07) is 0. The molecule has 0 bridgehead atoms. The number of hydrogen-bond donors (Lipinski definition) is 1. The lowest BCUT2D eigenvalue weighted by Gasteiger charge is -2.32. The van der Waals surface area contributed by atoms with Crippen LogP contribution in [0.25, 0.3) is 0 Å². The molecule has 1 fully saturated rings. The summed E-state index contributed by atoms with van der Waals surface area (Å²) in [6.07, 6.45) is 11.6. The minimum atomic E-state index is 0.365. The van der Waals surface area contributed by atoms with E-state index in [2.05, 4.69) is 43.3 Å². The van der Waals surface area contributed by atoms with Crippen LogP contribution in [0, 0.1) is 6.92 Å². The highest BCUT2D eigenvalue weighted by Gasteiger charge is 2.25. The van der Waals surface area contributed by atoms with Crippen molar-refractivity contribution in [3.05, 3.63) is 47.4 Å². The third-order valence-corrected chi connectivity index (χ3v) is 5.44. The van der Waals surface area contributed by atoms with Crippen LogP contribution in [-0.2, 0) is 13.6 Å². The molecule has 1 aliphatic rings. The Kier molecular flexibility index (Phi) is 4.94. The number of nitrogens with zero attached hydrogens (tertiary/aromatic N) is 6. The third kappa shape index (κ3) is 3.91. The van der Waals surface area contributed by atoms with Crippen molar-refractivity contribution in [1.82, 2.24) is 29.4 Å². The van der Waals surface area contributed by atoms with Gasteiger partial charge in [0.1, 0.15) is 0 Å². The SMILES string of the molecule is Cc1cnc(Nc2nccnc2C2CCCN(Cc3cn(C)cn3)C2)s1. The molecule has 8 heteroatoms. The summed E-state index contributed by atoms with van der Waals surface area (Å²) in [5.41, 5.74) is 2.15. The summed E-state index contributed by atoms with van der Waals surface area (Å²) >= 11 is 1.63. The highest BCUT2D eigenvalue weighted by atomic mass is 32.1. The van der Waals surface area contributed by atoms with Gasteiger partial charge in [-0.3, -0.25) is 9.88 Å². The number of aromatic nitrogens is 5. The van der Waals surface area contributed by atoms with E-state index in [1.807, 2.05) is 24.1 Å². The molecule has 3 aromatic heterocycles. The van der Waals surface area contributed by atoms with E-state index in [0.717, 1.165) is 54.8 Å². The van der Waals surface area contributed by atoms with Gasteiger partial charge in [0.2, 0.25) is 0 Å². The molecule has 0 spiro atoms. The molecule has 0 radical (unpaired) electrons. The average Bonchev–Trinajstić information content (AvgIpc) is 3.24. The number of nitrogens with one attached hydrogen (secondary N) is 1. The van der Waals surface area contributed by atoms with Crippen molar-refractivity contribution in [3.63, 3.8) is 0 Å². The van der Waals surface area contributed by atoms with E-state index >= 15 is 0 Å². The van der Waals surface area contributed by atoms with E-state index in [1.54, 1.807) is 23.7 Å². The number of piperidine rings is 1. The third-order valence-electron chi connectivity index (χ3n) is 4.61. The number of imidazole rings is 1. The van der Waals surface area contributed by atoms with Crippen LogP contribution in [0.2, 0.25) is 0 Å². The van der Waals surface area contributed by atoms with Crippen molar-refractivity contribution in [2.24, 2.45) is 7.05 Å². The van der Waals surface area contributed by atoms with Crippen LogP contribution in [0.5, 0.6) is 0 Å². The largest absolute Gasteiger partial charge is 0.340 e. The Hall–Kier alpha value is -2.32. The molecule has 0 aliphatic carbocycles. The second kappa shape index (κ2) is 7.51. The zero-order valence-corrected chi connectivity index (χ0v) is 15.9. The van der Waals surface area contributed by atoms with Crippen molar-refractivity contribution >= 4 is 22.3 Å². The highest BCUT2D eigenvalue weighted by Crippen LogP contribution is 2.31. The van der Waals surface area contributed by atoms with Crippen LogP contribution >= 0.6 is 11.3 Å². The molecule has 4 heterocycles. The number of anilines is 2. The van der Waals surface area contributed by atoms with Crippen LogP contribution in [0.1, 0.15) is 35.0 Å². The van der Waals surface area contributed by atoms with Gasteiger partial charge in [-0.25, -0.2) is 15.0 Å². The number of likely N-dealkylation sites (tertiary alicyclic amines) is 1. The lowest BCUT2D eigenvalue weighted by molar-refractivity contribution is 0.197. The minimum Gasteiger partial charge on any atom is -0.340 e. The molecular weight excluding hydrogens is 346 g/mol. The predicted octanol–water partition coefficient (Wildman–Crippen LogP) is 3.10. The lowest BCUT2D eigenvalue weighted by Crippen LogP contribution is -2.34. The summed E-state index contributed by atoms with van der Waals surface area (Å²) in [7, 11) is 2.01. The van der Waals surface area contributed by atoms with E-state index in [1.165, 1.54) is 4.88 Å². The molecule has 1 atom stereocenters. The van der Waals surface area contributed by atoms with Crippen LogP contribution in [0.15, 0.2) is 31.1 Å². The molecule has 0 amide bonds. The van der Waals surface area contributed by atoms with Gasteiger partial charge < -0.3 is 9.88 Å². The average molecular weight is 369 g/mol. The Morgan fingerprint density at radius 3 is 2.88 bits per heavy atom. The molecule has 136 valence electrons. The zero-order chi connectivity index (χ0) is 17.9. The fourth-order valence-corrected chi connectivity index (χ4v) is 4.12. The van der Waals surface area contributed by atoms with Gasteiger partial charge in [-0.2, -0.15) is 0 Å². The first-order chi connectivity index (χ1) is 12.7. The van der Waals surface area contributed by atoms with Crippen molar-refractivity contribution in [2.45, 2.75) is 32.2 Å². The summed E-state index contributed by atoms with van der Waals surface area (Å²) in [4.78, 5) is 21.7. The fourth-order valence-electron chi connectivity index (χ4n) is 3.46. The Morgan fingerprint density at radius 1 is 1.23 bits per heavy atom. The second-order valence-electron chi connectivity index (χ2n) is 6.80. The van der Waals surface area contributed by atoms with Gasteiger partial charge in [-0.15, -0.1) is 11.3 Å². The monoisotopic (exact) mass is 369 g/mol. The van der Waals surface area contributed by atoms with Crippen molar-refractivity contribution < 1.29 is 0 Å². The maximum absolute atomic E-state index is 4.66. The van der Waals surface area contributed by atoms with Gasteiger partial charge in [-0.1, -0.05) is 0 Å². The molecule has 0 aromatic carbocycles. The molecule has 1 aliphatic heterocycles. The maximum Gasteiger partial charge on any atom is 0.188 e. The molecule has 1 saturated heterocycles. The summed E-state index contributed by atoms with van der Waals surface area (Å²) in [6.45, 7) is 5.01. The normalized spacial score (nSPS) is 18.2. The summed E-state index contributed by atoms with van der Waals surface area (Å²) < 4.78 is 2.00. The number of hydrogen-bond acceptors (Lipinski definition) is 7. The number of aryl methyl sites for hydroxylation is 2. The van der Waals surface area contributed by atoms with Gasteiger partial charge in [0.25, 0.3) is 0 Å². The minimum absolute atomic E-state index is 0.365. The van der Waals surface area contributed by atoms with Gasteiger partial charge in [-0.05, 0) is 26.3 Å². The molecule has 0 saturated carbocycles. The molecule has 26 heavy (non-hydrogen) atoms. The van der Waals surface area contributed by atoms with Crippen LogP contribution < -0.4 is 5.32 Å². The second-order valence-corrected chi connectivity index (χ2v) is 8.03. The van der Waals surface area contributed by atoms with E-state index in [0.29, 0.717) is 5.92 Å². The van der Waals surface area contributed by atoms with E-state index in [4.69, 9.17) is 0 Å². The molecule has 3 aromatic rings. The van der Waals surface area contributed by atoms with Crippen molar-refractivity contribution in [3.8, 4) is 0 Å².